The van der Waals surface area contributed by atoms with Crippen LogP contribution in [-0.2, 0) is 4.79 Å². The van der Waals surface area contributed by atoms with Crippen molar-refractivity contribution in [2.45, 2.75) is 13.8 Å². The Morgan fingerprint density at radius 3 is 2.38 bits per heavy atom. The largest absolute Gasteiger partial charge is 0.382 e. The molecule has 0 unspecified atom stereocenters. The van der Waals surface area contributed by atoms with E-state index in [1.54, 1.807) is 6.08 Å². The minimum absolute atomic E-state index is 0.00133. The predicted molar refractivity (Wildman–Crippen MR) is 68.6 cm³/mol. The van der Waals surface area contributed by atoms with Crippen LogP contribution in [0.3, 0.4) is 0 Å². The second kappa shape index (κ2) is 5.95. The van der Waals surface area contributed by atoms with Crippen LogP contribution in [0, 0.1) is 5.92 Å². The van der Waals surface area contributed by atoms with E-state index in [2.05, 4.69) is 17.2 Å². The summed E-state index contributed by atoms with van der Waals surface area (Å²) >= 11 is 0. The minimum atomic E-state index is -0.00133. The van der Waals surface area contributed by atoms with E-state index in [1.807, 2.05) is 38.1 Å². The van der Waals surface area contributed by atoms with Crippen molar-refractivity contribution in [3.8, 4) is 0 Å². The molecule has 0 spiro atoms. The molecular formula is C13H18N2O. The molecule has 1 rings (SSSR count). The number of rotatable bonds is 5. The normalized spacial score (nSPS) is 9.94. The third-order valence-corrected chi connectivity index (χ3v) is 2.13. The summed E-state index contributed by atoms with van der Waals surface area (Å²) in [4.78, 5) is 11.4. The summed E-state index contributed by atoms with van der Waals surface area (Å²) in [6.45, 7) is 8.11. The molecule has 1 amide bonds. The van der Waals surface area contributed by atoms with E-state index in [-0.39, 0.29) is 11.8 Å². The minimum Gasteiger partial charge on any atom is -0.382 e. The number of hydrogen-bond acceptors (Lipinski definition) is 2. The van der Waals surface area contributed by atoms with Crippen LogP contribution >= 0.6 is 0 Å². The van der Waals surface area contributed by atoms with E-state index in [0.717, 1.165) is 17.9 Å². The maximum atomic E-state index is 11.4. The molecule has 16 heavy (non-hydrogen) atoms. The van der Waals surface area contributed by atoms with E-state index < -0.39 is 0 Å². The second-order valence-corrected chi connectivity index (χ2v) is 3.89. The van der Waals surface area contributed by atoms with Gasteiger partial charge in [0.05, 0.1) is 0 Å². The first kappa shape index (κ1) is 12.3. The first-order valence-corrected chi connectivity index (χ1v) is 5.39. The molecule has 0 fully saturated rings. The molecule has 0 radical (unpaired) electrons. The van der Waals surface area contributed by atoms with Crippen molar-refractivity contribution in [2.75, 3.05) is 17.2 Å². The fourth-order valence-electron chi connectivity index (χ4n) is 1.15. The number of hydrogen-bond donors (Lipinski definition) is 2. The van der Waals surface area contributed by atoms with Crippen LogP contribution in [0.15, 0.2) is 36.9 Å². The average molecular weight is 218 g/mol. The molecule has 3 heteroatoms. The van der Waals surface area contributed by atoms with Gasteiger partial charge in [0, 0.05) is 23.8 Å². The van der Waals surface area contributed by atoms with Crippen molar-refractivity contribution in [1.29, 1.82) is 0 Å². The van der Waals surface area contributed by atoms with Gasteiger partial charge in [0.2, 0.25) is 5.91 Å². The Hall–Kier alpha value is -1.77. The number of carbonyl (C=O) groups is 1. The summed E-state index contributed by atoms with van der Waals surface area (Å²) in [7, 11) is 0. The highest BCUT2D eigenvalue weighted by Crippen LogP contribution is 2.14. The predicted octanol–water partition coefficient (Wildman–Crippen LogP) is 2.88. The van der Waals surface area contributed by atoms with Crippen LogP contribution < -0.4 is 10.6 Å². The highest BCUT2D eigenvalue weighted by atomic mass is 16.1. The van der Waals surface area contributed by atoms with E-state index in [9.17, 15) is 4.79 Å². The molecular weight excluding hydrogens is 200 g/mol. The van der Waals surface area contributed by atoms with Crippen LogP contribution in [0.25, 0.3) is 0 Å². The highest BCUT2D eigenvalue weighted by Gasteiger charge is 2.06. The van der Waals surface area contributed by atoms with Crippen LogP contribution in [-0.4, -0.2) is 12.5 Å². The molecule has 0 bridgehead atoms. The monoisotopic (exact) mass is 218 g/mol. The van der Waals surface area contributed by atoms with Crippen molar-refractivity contribution >= 4 is 17.3 Å². The molecule has 0 atom stereocenters. The number of carbonyl (C=O) groups excluding carboxylic acids is 1. The summed E-state index contributed by atoms with van der Waals surface area (Å²) in [5.41, 5.74) is 1.84. The first-order valence-electron chi connectivity index (χ1n) is 5.39. The van der Waals surface area contributed by atoms with Crippen LogP contribution in [0.1, 0.15) is 13.8 Å². The zero-order valence-corrected chi connectivity index (χ0v) is 9.79. The molecule has 1 aromatic rings. The summed E-state index contributed by atoms with van der Waals surface area (Å²) in [6.07, 6.45) is 1.80. The van der Waals surface area contributed by atoms with Crippen molar-refractivity contribution in [2.24, 2.45) is 5.92 Å². The first-order chi connectivity index (χ1) is 7.63. The van der Waals surface area contributed by atoms with Crippen molar-refractivity contribution in [3.63, 3.8) is 0 Å². The smallest absolute Gasteiger partial charge is 0.226 e. The fourth-order valence-corrected chi connectivity index (χ4v) is 1.15. The maximum absolute atomic E-state index is 11.4. The van der Waals surface area contributed by atoms with Gasteiger partial charge in [0.1, 0.15) is 0 Å². The topological polar surface area (TPSA) is 41.1 Å². The molecule has 1 aromatic carbocycles. The third kappa shape index (κ3) is 3.77. The lowest BCUT2D eigenvalue weighted by atomic mass is 10.2. The van der Waals surface area contributed by atoms with Crippen molar-refractivity contribution < 1.29 is 4.79 Å². The van der Waals surface area contributed by atoms with Crippen LogP contribution in [0.2, 0.25) is 0 Å². The maximum Gasteiger partial charge on any atom is 0.226 e. The molecule has 3 nitrogen and oxygen atoms in total. The Balaban J connectivity index is 2.57. The Labute approximate surface area is 96.6 Å². The van der Waals surface area contributed by atoms with Gasteiger partial charge in [-0.2, -0.15) is 0 Å². The van der Waals surface area contributed by atoms with Gasteiger partial charge in [0.15, 0.2) is 0 Å². The molecule has 2 N–H and O–H groups in total. The zero-order chi connectivity index (χ0) is 12.0. The Morgan fingerprint density at radius 1 is 1.31 bits per heavy atom. The van der Waals surface area contributed by atoms with Gasteiger partial charge in [-0.05, 0) is 24.3 Å². The number of amides is 1. The second-order valence-electron chi connectivity index (χ2n) is 3.89. The van der Waals surface area contributed by atoms with Gasteiger partial charge in [-0.15, -0.1) is 6.58 Å². The third-order valence-electron chi connectivity index (χ3n) is 2.13. The number of anilines is 2. The van der Waals surface area contributed by atoms with Crippen LogP contribution in [0.4, 0.5) is 11.4 Å². The summed E-state index contributed by atoms with van der Waals surface area (Å²) < 4.78 is 0. The lowest BCUT2D eigenvalue weighted by Gasteiger charge is -2.08. The molecule has 0 aliphatic rings. The molecule has 0 saturated heterocycles. The molecule has 86 valence electrons. The quantitative estimate of drug-likeness (QED) is 0.746. The van der Waals surface area contributed by atoms with Crippen LogP contribution in [0.5, 0.6) is 0 Å². The molecule has 0 aliphatic carbocycles. The molecule has 0 aromatic heterocycles. The van der Waals surface area contributed by atoms with Gasteiger partial charge >= 0.3 is 0 Å². The standard InChI is InChI=1S/C13H18N2O/c1-4-9-14-11-5-7-12(8-6-11)15-13(16)10(2)3/h4-8,10,14H,1,9H2,2-3H3,(H,15,16). The summed E-state index contributed by atoms with van der Waals surface area (Å²) in [5, 5.41) is 6.00. The van der Waals surface area contributed by atoms with Gasteiger partial charge in [-0.3, -0.25) is 4.79 Å². The SMILES string of the molecule is C=CCNc1ccc(NC(=O)C(C)C)cc1. The number of benzene rings is 1. The Kier molecular flexibility index (Phi) is 4.58. The van der Waals surface area contributed by atoms with Gasteiger partial charge in [-0.1, -0.05) is 19.9 Å². The molecule has 0 heterocycles. The lowest BCUT2D eigenvalue weighted by Crippen LogP contribution is -2.17. The fraction of sp³-hybridized carbons (Fsp3) is 0.308. The summed E-state index contributed by atoms with van der Waals surface area (Å²) in [6, 6.07) is 7.62. The van der Waals surface area contributed by atoms with Gasteiger partial charge in [0.25, 0.3) is 0 Å². The Morgan fingerprint density at radius 2 is 1.88 bits per heavy atom. The average Bonchev–Trinajstić information content (AvgIpc) is 2.28. The van der Waals surface area contributed by atoms with Crippen molar-refractivity contribution in [1.82, 2.24) is 0 Å². The van der Waals surface area contributed by atoms with Gasteiger partial charge in [-0.25, -0.2) is 0 Å². The van der Waals surface area contributed by atoms with E-state index in [1.165, 1.54) is 0 Å². The van der Waals surface area contributed by atoms with Gasteiger partial charge < -0.3 is 10.6 Å². The molecule has 0 saturated carbocycles. The number of nitrogens with one attached hydrogen (secondary N) is 2. The van der Waals surface area contributed by atoms with E-state index in [4.69, 9.17) is 0 Å². The molecule has 0 aliphatic heterocycles. The summed E-state index contributed by atoms with van der Waals surface area (Å²) in [5.74, 6) is 0.0327. The zero-order valence-electron chi connectivity index (χ0n) is 9.79. The highest BCUT2D eigenvalue weighted by molar-refractivity contribution is 5.92. The lowest BCUT2D eigenvalue weighted by molar-refractivity contribution is -0.118. The Bertz CT molecular complexity index is 355. The van der Waals surface area contributed by atoms with Crippen molar-refractivity contribution in [3.05, 3.63) is 36.9 Å². The van der Waals surface area contributed by atoms with E-state index in [0.29, 0.717) is 0 Å². The van der Waals surface area contributed by atoms with E-state index >= 15 is 0 Å².